The standard InChI is InChI=1S/C14H12O2S8/c1-5-6(2)18-9(17-5)11-21-13-14(22-11)24-12(23-13)10-19-7-8(20-10)16-4-3-15-7/h5-6H,3-4H2,1-2H3/t5-,6-/m0/s1. The van der Waals surface area contributed by atoms with Crippen LogP contribution in [0.2, 0.25) is 0 Å². The summed E-state index contributed by atoms with van der Waals surface area (Å²) in [7, 11) is 0. The summed E-state index contributed by atoms with van der Waals surface area (Å²) in [5.41, 5.74) is 0. The van der Waals surface area contributed by atoms with Crippen molar-refractivity contribution in [3.05, 3.63) is 35.6 Å². The SMILES string of the molecule is C[C@@H]1SC(=C2SC3=C(SC(=C4SC5=C(OCCO5)S4)S3)S2)S[C@H]1C. The molecule has 0 aromatic rings. The molecular weight excluding hydrogens is 457 g/mol. The summed E-state index contributed by atoms with van der Waals surface area (Å²) in [5, 5.41) is 3.34. The van der Waals surface area contributed by atoms with Crippen molar-refractivity contribution in [1.82, 2.24) is 0 Å². The molecule has 24 heavy (non-hydrogen) atoms. The lowest BCUT2D eigenvalue weighted by molar-refractivity contribution is 0.0949. The molecule has 0 unspecified atom stereocenters. The maximum absolute atomic E-state index is 5.70. The molecule has 0 aromatic carbocycles. The van der Waals surface area contributed by atoms with E-state index in [0.717, 1.165) is 20.7 Å². The molecule has 0 saturated carbocycles. The van der Waals surface area contributed by atoms with Gasteiger partial charge in [-0.2, -0.15) is 0 Å². The number of hydrogen-bond donors (Lipinski definition) is 0. The summed E-state index contributed by atoms with van der Waals surface area (Å²) in [6.45, 7) is 6.00. The molecule has 0 N–H and O–H groups in total. The minimum absolute atomic E-state index is 0.666. The molecule has 5 heterocycles. The molecule has 0 aliphatic carbocycles. The zero-order chi connectivity index (χ0) is 16.3. The first-order valence-corrected chi connectivity index (χ1v) is 14.0. The van der Waals surface area contributed by atoms with Crippen LogP contribution in [0, 0.1) is 0 Å². The Bertz CT molecular complexity index is 683. The van der Waals surface area contributed by atoms with Gasteiger partial charge in [-0.25, -0.2) is 0 Å². The fourth-order valence-corrected chi connectivity index (χ4v) is 14.6. The lowest BCUT2D eigenvalue weighted by Gasteiger charge is -2.13. The Hall–Kier alpha value is 1.36. The van der Waals surface area contributed by atoms with E-state index in [4.69, 9.17) is 9.47 Å². The summed E-state index contributed by atoms with van der Waals surface area (Å²) < 4.78 is 20.0. The van der Waals surface area contributed by atoms with Gasteiger partial charge in [0.1, 0.15) is 13.2 Å². The molecule has 1 saturated heterocycles. The van der Waals surface area contributed by atoms with Crippen molar-refractivity contribution >= 4 is 94.1 Å². The second-order valence-corrected chi connectivity index (χ2v) is 15.6. The van der Waals surface area contributed by atoms with Gasteiger partial charge in [0.2, 0.25) is 10.2 Å². The number of hydrogen-bond acceptors (Lipinski definition) is 10. The highest BCUT2D eigenvalue weighted by Crippen LogP contribution is 2.71. The molecular formula is C14H12O2S8. The lowest BCUT2D eigenvalue weighted by atomic mass is 10.4. The molecule has 2 nitrogen and oxygen atoms in total. The van der Waals surface area contributed by atoms with Crippen molar-refractivity contribution in [1.29, 1.82) is 0 Å². The van der Waals surface area contributed by atoms with Gasteiger partial charge in [0.25, 0.3) is 0 Å². The summed E-state index contributed by atoms with van der Waals surface area (Å²) in [6, 6.07) is 0. The van der Waals surface area contributed by atoms with Crippen molar-refractivity contribution in [3.63, 3.8) is 0 Å². The van der Waals surface area contributed by atoms with Crippen LogP contribution in [0.1, 0.15) is 13.8 Å². The van der Waals surface area contributed by atoms with Crippen LogP contribution in [0.15, 0.2) is 35.6 Å². The van der Waals surface area contributed by atoms with Crippen LogP contribution in [0.25, 0.3) is 0 Å². The molecule has 5 aliphatic heterocycles. The fourth-order valence-electron chi connectivity index (χ4n) is 2.21. The zero-order valence-electron chi connectivity index (χ0n) is 12.7. The number of rotatable bonds is 0. The molecule has 0 spiro atoms. The molecule has 10 heteroatoms. The van der Waals surface area contributed by atoms with E-state index in [0.29, 0.717) is 13.2 Å². The minimum atomic E-state index is 0.666. The Balaban J connectivity index is 1.29. The van der Waals surface area contributed by atoms with Gasteiger partial charge in [-0.3, -0.25) is 0 Å². The van der Waals surface area contributed by atoms with Gasteiger partial charge in [-0.1, -0.05) is 60.9 Å². The van der Waals surface area contributed by atoms with E-state index in [1.165, 1.54) is 25.4 Å². The van der Waals surface area contributed by atoms with Crippen LogP contribution < -0.4 is 0 Å². The van der Waals surface area contributed by atoms with Crippen LogP contribution in [-0.2, 0) is 9.47 Å². The zero-order valence-corrected chi connectivity index (χ0v) is 19.2. The Morgan fingerprint density at radius 1 is 0.583 bits per heavy atom. The van der Waals surface area contributed by atoms with Gasteiger partial charge in [0, 0.05) is 10.5 Å². The highest BCUT2D eigenvalue weighted by Gasteiger charge is 2.38. The second kappa shape index (κ2) is 7.07. The fraction of sp³-hybridized carbons (Fsp3) is 0.429. The third-order valence-corrected chi connectivity index (χ3v) is 15.8. The van der Waals surface area contributed by atoms with Gasteiger partial charge in [0.15, 0.2) is 0 Å². The molecule has 2 atom stereocenters. The average Bonchev–Trinajstić information content (AvgIpc) is 3.29. The van der Waals surface area contributed by atoms with E-state index in [-0.39, 0.29) is 0 Å². The minimum Gasteiger partial charge on any atom is -0.480 e. The Labute approximate surface area is 175 Å². The van der Waals surface area contributed by atoms with Crippen molar-refractivity contribution in [2.24, 2.45) is 0 Å². The maximum atomic E-state index is 5.70. The largest absolute Gasteiger partial charge is 0.480 e. The first-order chi connectivity index (χ1) is 11.7. The van der Waals surface area contributed by atoms with E-state index in [1.807, 2.05) is 70.6 Å². The summed E-state index contributed by atoms with van der Waals surface area (Å²) in [6.07, 6.45) is 0. The second-order valence-electron chi connectivity index (χ2n) is 5.25. The van der Waals surface area contributed by atoms with Gasteiger partial charge in [0.05, 0.1) is 25.4 Å². The van der Waals surface area contributed by atoms with Crippen LogP contribution in [0.3, 0.4) is 0 Å². The van der Waals surface area contributed by atoms with E-state index in [9.17, 15) is 0 Å². The normalized spacial score (nSPS) is 32.6. The van der Waals surface area contributed by atoms with Gasteiger partial charge in [-0.05, 0) is 23.5 Å². The van der Waals surface area contributed by atoms with E-state index >= 15 is 0 Å². The first kappa shape index (κ1) is 17.5. The topological polar surface area (TPSA) is 18.5 Å². The van der Waals surface area contributed by atoms with Crippen LogP contribution in [0.4, 0.5) is 0 Å². The molecule has 5 aliphatic rings. The predicted octanol–water partition coefficient (Wildman–Crippen LogP) is 7.24. The molecule has 1 fully saturated rings. The van der Waals surface area contributed by atoms with E-state index in [1.54, 1.807) is 23.5 Å². The van der Waals surface area contributed by atoms with Crippen molar-refractivity contribution in [2.75, 3.05) is 13.2 Å². The molecule has 5 rings (SSSR count). The molecule has 0 radical (unpaired) electrons. The highest BCUT2D eigenvalue weighted by atomic mass is 32.3. The molecule has 128 valence electrons. The highest BCUT2D eigenvalue weighted by molar-refractivity contribution is 8.49. The predicted molar refractivity (Wildman–Crippen MR) is 120 cm³/mol. The summed E-state index contributed by atoms with van der Waals surface area (Å²) >= 11 is 15.3. The van der Waals surface area contributed by atoms with Gasteiger partial charge < -0.3 is 9.47 Å². The summed E-state index contributed by atoms with van der Waals surface area (Å²) in [4.78, 5) is 0. The number of ether oxygens (including phenoxy) is 2. The monoisotopic (exact) mass is 468 g/mol. The first-order valence-electron chi connectivity index (χ1n) is 7.30. The quantitative estimate of drug-likeness (QED) is 0.360. The maximum Gasteiger partial charge on any atom is 0.208 e. The van der Waals surface area contributed by atoms with Crippen molar-refractivity contribution in [2.45, 2.75) is 24.3 Å². The average molecular weight is 469 g/mol. The van der Waals surface area contributed by atoms with Crippen LogP contribution in [-0.4, -0.2) is 23.7 Å². The Morgan fingerprint density at radius 2 is 0.958 bits per heavy atom. The van der Waals surface area contributed by atoms with Gasteiger partial charge >= 0.3 is 0 Å². The Kier molecular flexibility index (Phi) is 5.14. The van der Waals surface area contributed by atoms with Crippen LogP contribution in [0.5, 0.6) is 0 Å². The van der Waals surface area contributed by atoms with Gasteiger partial charge in [-0.15, -0.1) is 23.5 Å². The molecule has 0 aromatic heterocycles. The Morgan fingerprint density at radius 3 is 1.42 bits per heavy atom. The van der Waals surface area contributed by atoms with Crippen LogP contribution >= 0.6 is 94.1 Å². The lowest BCUT2D eigenvalue weighted by Crippen LogP contribution is -2.08. The molecule has 0 bridgehead atoms. The third-order valence-electron chi connectivity index (χ3n) is 3.58. The summed E-state index contributed by atoms with van der Waals surface area (Å²) in [5.74, 6) is 0. The van der Waals surface area contributed by atoms with E-state index in [2.05, 4.69) is 13.8 Å². The van der Waals surface area contributed by atoms with Crippen molar-refractivity contribution in [3.8, 4) is 0 Å². The van der Waals surface area contributed by atoms with Crippen molar-refractivity contribution < 1.29 is 9.47 Å². The smallest absolute Gasteiger partial charge is 0.208 e. The van der Waals surface area contributed by atoms with E-state index < -0.39 is 0 Å². The third kappa shape index (κ3) is 3.21. The molecule has 0 amide bonds. The number of thioether (sulfide) groups is 8.